The van der Waals surface area contributed by atoms with Crippen molar-refractivity contribution < 1.29 is 9.50 Å². The number of fused-ring (bicyclic) bond motifs is 1. The van der Waals surface area contributed by atoms with E-state index in [0.29, 0.717) is 34.7 Å². The molecule has 0 radical (unpaired) electrons. The van der Waals surface area contributed by atoms with Crippen LogP contribution in [0.2, 0.25) is 0 Å². The monoisotopic (exact) mass is 273 g/mol. The minimum atomic E-state index is -0.683. The average Bonchev–Trinajstić information content (AvgIpc) is 2.82. The van der Waals surface area contributed by atoms with E-state index in [4.69, 9.17) is 5.73 Å². The number of rotatable bonds is 2. The molecule has 0 saturated carbocycles. The Labute approximate surface area is 113 Å². The van der Waals surface area contributed by atoms with Gasteiger partial charge in [-0.3, -0.25) is 0 Å². The van der Waals surface area contributed by atoms with Gasteiger partial charge in [0.1, 0.15) is 17.8 Å². The Kier molecular flexibility index (Phi) is 2.74. The lowest BCUT2D eigenvalue weighted by molar-refractivity contribution is 0.432. The van der Waals surface area contributed by atoms with Crippen LogP contribution >= 0.6 is 0 Å². The molecule has 102 valence electrons. The molecule has 2 aromatic heterocycles. The molecule has 0 fully saturated rings. The number of halogens is 1. The van der Waals surface area contributed by atoms with Crippen molar-refractivity contribution in [1.29, 1.82) is 0 Å². The first kappa shape index (κ1) is 12.3. The number of hydrogen-bond acceptors (Lipinski definition) is 5. The van der Waals surface area contributed by atoms with E-state index in [0.717, 1.165) is 0 Å². The van der Waals surface area contributed by atoms with Gasteiger partial charge in [0, 0.05) is 12.1 Å². The third-order valence-corrected chi connectivity index (χ3v) is 3.08. The predicted octanol–water partition coefficient (Wildman–Crippen LogP) is 1.94. The molecule has 7 heteroatoms. The molecular weight excluding hydrogens is 261 g/mol. The van der Waals surface area contributed by atoms with E-state index < -0.39 is 11.6 Å². The lowest BCUT2D eigenvalue weighted by Gasteiger charge is -2.01. The molecular formula is C13H12FN5O. The highest BCUT2D eigenvalue weighted by atomic mass is 19.1. The minimum absolute atomic E-state index is 0.300. The van der Waals surface area contributed by atoms with Crippen molar-refractivity contribution in [2.45, 2.75) is 13.5 Å². The van der Waals surface area contributed by atoms with Crippen LogP contribution in [-0.4, -0.2) is 24.9 Å². The number of aromatic nitrogens is 4. The molecule has 3 rings (SSSR count). The van der Waals surface area contributed by atoms with E-state index in [1.54, 1.807) is 4.68 Å². The lowest BCUT2D eigenvalue weighted by Crippen LogP contribution is -1.98. The van der Waals surface area contributed by atoms with E-state index >= 15 is 0 Å². The summed E-state index contributed by atoms with van der Waals surface area (Å²) in [6.45, 7) is 2.54. The number of nitrogens with two attached hydrogens (primary N) is 1. The molecule has 0 spiro atoms. The van der Waals surface area contributed by atoms with Crippen molar-refractivity contribution in [3.8, 4) is 17.0 Å². The van der Waals surface area contributed by atoms with Gasteiger partial charge in [-0.15, -0.1) is 0 Å². The fourth-order valence-electron chi connectivity index (χ4n) is 2.11. The van der Waals surface area contributed by atoms with E-state index in [-0.39, 0.29) is 0 Å². The molecule has 3 aromatic rings. The molecule has 6 nitrogen and oxygen atoms in total. The summed E-state index contributed by atoms with van der Waals surface area (Å²) in [7, 11) is 0. The van der Waals surface area contributed by atoms with Crippen molar-refractivity contribution in [2.75, 3.05) is 5.73 Å². The van der Waals surface area contributed by atoms with Crippen LogP contribution < -0.4 is 5.73 Å². The highest BCUT2D eigenvalue weighted by molar-refractivity contribution is 5.98. The predicted molar refractivity (Wildman–Crippen MR) is 72.5 cm³/mol. The molecule has 0 aliphatic heterocycles. The molecule has 0 amide bonds. The Bertz CT molecular complexity index is 799. The molecule has 0 unspecified atom stereocenters. The zero-order chi connectivity index (χ0) is 14.3. The van der Waals surface area contributed by atoms with Crippen molar-refractivity contribution in [3.05, 3.63) is 30.3 Å². The fourth-order valence-corrected chi connectivity index (χ4v) is 2.11. The lowest BCUT2D eigenvalue weighted by atomic mass is 10.1. The van der Waals surface area contributed by atoms with Crippen molar-refractivity contribution in [1.82, 2.24) is 19.7 Å². The number of phenols is 1. The first-order chi connectivity index (χ1) is 9.61. The van der Waals surface area contributed by atoms with Crippen LogP contribution in [0.3, 0.4) is 0 Å². The van der Waals surface area contributed by atoms with Gasteiger partial charge in [-0.2, -0.15) is 5.10 Å². The number of aromatic hydroxyl groups is 1. The van der Waals surface area contributed by atoms with Gasteiger partial charge >= 0.3 is 0 Å². The Balaban J connectivity index is 2.33. The Morgan fingerprint density at radius 2 is 2.15 bits per heavy atom. The molecule has 20 heavy (non-hydrogen) atoms. The zero-order valence-electron chi connectivity index (χ0n) is 10.7. The number of hydrogen-bond donors (Lipinski definition) is 2. The second-order valence-corrected chi connectivity index (χ2v) is 4.29. The SMILES string of the molecule is CCn1nc(-c2ccc(F)c(O)c2)c2c(N)ncnc21. The Morgan fingerprint density at radius 1 is 1.35 bits per heavy atom. The average molecular weight is 273 g/mol. The van der Waals surface area contributed by atoms with Gasteiger partial charge in [0.15, 0.2) is 17.2 Å². The van der Waals surface area contributed by atoms with Gasteiger partial charge in [-0.1, -0.05) is 0 Å². The number of nitrogens with zero attached hydrogens (tertiary/aromatic N) is 4. The third kappa shape index (κ3) is 1.75. The minimum Gasteiger partial charge on any atom is -0.505 e. The molecule has 2 heterocycles. The Morgan fingerprint density at radius 3 is 2.85 bits per heavy atom. The highest BCUT2D eigenvalue weighted by Gasteiger charge is 2.17. The second-order valence-electron chi connectivity index (χ2n) is 4.29. The van der Waals surface area contributed by atoms with Gasteiger partial charge in [0.2, 0.25) is 0 Å². The molecule has 0 saturated heterocycles. The van der Waals surface area contributed by atoms with Crippen LogP contribution in [0.25, 0.3) is 22.3 Å². The number of phenolic OH excluding ortho intramolecular Hbond substituents is 1. The molecule has 3 N–H and O–H groups in total. The zero-order valence-corrected chi connectivity index (χ0v) is 10.7. The maximum absolute atomic E-state index is 13.2. The summed E-state index contributed by atoms with van der Waals surface area (Å²) < 4.78 is 14.8. The third-order valence-electron chi connectivity index (χ3n) is 3.08. The molecule has 1 aromatic carbocycles. The van der Waals surface area contributed by atoms with Gasteiger partial charge in [-0.05, 0) is 25.1 Å². The van der Waals surface area contributed by atoms with Gasteiger partial charge in [-0.25, -0.2) is 19.0 Å². The van der Waals surface area contributed by atoms with Gasteiger partial charge < -0.3 is 10.8 Å². The highest BCUT2D eigenvalue weighted by Crippen LogP contribution is 2.32. The quantitative estimate of drug-likeness (QED) is 0.744. The summed E-state index contributed by atoms with van der Waals surface area (Å²) in [4.78, 5) is 8.13. The molecule has 0 bridgehead atoms. The van der Waals surface area contributed by atoms with Crippen LogP contribution in [0, 0.1) is 5.82 Å². The summed E-state index contributed by atoms with van der Waals surface area (Å²) >= 11 is 0. The summed E-state index contributed by atoms with van der Waals surface area (Å²) in [6, 6.07) is 4.02. The van der Waals surface area contributed by atoms with Gasteiger partial charge in [0.05, 0.1) is 5.39 Å². The topological polar surface area (TPSA) is 89.8 Å². The normalized spacial score (nSPS) is 11.1. The van der Waals surface area contributed by atoms with Crippen LogP contribution in [-0.2, 0) is 6.54 Å². The second kappa shape index (κ2) is 4.44. The molecule has 0 aliphatic rings. The summed E-state index contributed by atoms with van der Waals surface area (Å²) in [5, 5.41) is 14.5. The number of aryl methyl sites for hydroxylation is 1. The Hall–Kier alpha value is -2.70. The van der Waals surface area contributed by atoms with Crippen LogP contribution in [0.15, 0.2) is 24.5 Å². The number of benzene rings is 1. The van der Waals surface area contributed by atoms with Crippen LogP contribution in [0.4, 0.5) is 10.2 Å². The summed E-state index contributed by atoms with van der Waals surface area (Å²) in [5.74, 6) is -0.817. The first-order valence-corrected chi connectivity index (χ1v) is 6.07. The van der Waals surface area contributed by atoms with Crippen LogP contribution in [0.5, 0.6) is 5.75 Å². The van der Waals surface area contributed by atoms with E-state index in [1.165, 1.54) is 24.5 Å². The molecule has 0 aliphatic carbocycles. The molecule has 0 atom stereocenters. The summed E-state index contributed by atoms with van der Waals surface area (Å²) in [5.41, 5.74) is 7.58. The largest absolute Gasteiger partial charge is 0.505 e. The first-order valence-electron chi connectivity index (χ1n) is 6.07. The standard InChI is InChI=1S/C13H12FN5O/c1-2-19-13-10(12(15)16-6-17-13)11(18-19)7-3-4-8(14)9(20)5-7/h3-6,20H,2H2,1H3,(H2,15,16,17). The van der Waals surface area contributed by atoms with Gasteiger partial charge in [0.25, 0.3) is 0 Å². The maximum atomic E-state index is 13.2. The summed E-state index contributed by atoms with van der Waals surface area (Å²) in [6.07, 6.45) is 1.37. The fraction of sp³-hybridized carbons (Fsp3) is 0.154. The van der Waals surface area contributed by atoms with Crippen LogP contribution in [0.1, 0.15) is 6.92 Å². The smallest absolute Gasteiger partial charge is 0.164 e. The van der Waals surface area contributed by atoms with E-state index in [2.05, 4.69) is 15.1 Å². The van der Waals surface area contributed by atoms with E-state index in [9.17, 15) is 9.50 Å². The van der Waals surface area contributed by atoms with Crippen molar-refractivity contribution in [3.63, 3.8) is 0 Å². The van der Waals surface area contributed by atoms with E-state index in [1.807, 2.05) is 6.92 Å². The van der Waals surface area contributed by atoms with Crippen molar-refractivity contribution in [2.24, 2.45) is 0 Å². The number of anilines is 1. The van der Waals surface area contributed by atoms with Crippen molar-refractivity contribution >= 4 is 16.9 Å². The number of nitrogen functional groups attached to an aromatic ring is 1. The maximum Gasteiger partial charge on any atom is 0.164 e.